The minimum Gasteiger partial charge on any atom is -0.463 e. The van der Waals surface area contributed by atoms with E-state index in [0.29, 0.717) is 16.0 Å². The molecule has 3 rings (SSSR count). The lowest BCUT2D eigenvalue weighted by atomic mass is 10.0. The highest BCUT2D eigenvalue weighted by Crippen LogP contribution is 2.27. The molecule has 1 aliphatic heterocycles. The molecule has 1 aromatic heterocycles. The van der Waals surface area contributed by atoms with Gasteiger partial charge < -0.3 is 20.1 Å². The number of esters is 2. The molecule has 28 heavy (non-hydrogen) atoms. The second-order valence-corrected chi connectivity index (χ2v) is 7.12. The summed E-state index contributed by atoms with van der Waals surface area (Å²) in [6.07, 6.45) is 0.473. The Morgan fingerprint density at radius 1 is 1.18 bits per heavy atom. The molecule has 1 atom stereocenters. The van der Waals surface area contributed by atoms with Crippen molar-refractivity contribution in [3.63, 3.8) is 0 Å². The summed E-state index contributed by atoms with van der Waals surface area (Å²) in [5, 5.41) is 5.89. The predicted octanol–water partition coefficient (Wildman–Crippen LogP) is 3.11. The Balaban J connectivity index is 1.81. The lowest BCUT2D eigenvalue weighted by Gasteiger charge is -2.28. The summed E-state index contributed by atoms with van der Waals surface area (Å²) in [6, 6.07) is 4.83. The van der Waals surface area contributed by atoms with Crippen molar-refractivity contribution in [2.24, 2.45) is 0 Å². The van der Waals surface area contributed by atoms with E-state index in [1.807, 2.05) is 6.92 Å². The molecule has 0 radical (unpaired) electrons. The van der Waals surface area contributed by atoms with Gasteiger partial charge in [-0.3, -0.25) is 0 Å². The van der Waals surface area contributed by atoms with Crippen molar-refractivity contribution in [3.05, 3.63) is 46.2 Å². The maximum Gasteiger partial charge on any atom is 0.348 e. The molecule has 0 saturated heterocycles. The number of carbonyl (C=O) groups is 3. The molecule has 0 bridgehead atoms. The van der Waals surface area contributed by atoms with Crippen molar-refractivity contribution in [2.75, 3.05) is 13.2 Å². The highest BCUT2D eigenvalue weighted by molar-refractivity contribution is 7.20. The Bertz CT molecular complexity index is 968. The number of amides is 2. The average molecular weight is 406 g/mol. The summed E-state index contributed by atoms with van der Waals surface area (Å²) >= 11 is 1.11. The number of carbonyl (C=O) groups excluding carboxylic acids is 3. The summed E-state index contributed by atoms with van der Waals surface area (Å²) in [7, 11) is 0. The number of rotatable bonds is 6. The van der Waals surface area contributed by atoms with Gasteiger partial charge in [0.05, 0.1) is 23.9 Å². The van der Waals surface area contributed by atoms with Crippen molar-refractivity contribution in [1.82, 2.24) is 10.6 Å². The van der Waals surface area contributed by atoms with Crippen LogP contribution in [0.4, 0.5) is 9.18 Å². The normalized spacial score (nSPS) is 16.5. The minimum atomic E-state index is -0.627. The summed E-state index contributed by atoms with van der Waals surface area (Å²) in [6.45, 7) is 3.38. The van der Waals surface area contributed by atoms with Crippen LogP contribution in [0.15, 0.2) is 35.5 Å². The van der Waals surface area contributed by atoms with E-state index in [9.17, 15) is 18.8 Å². The molecule has 2 N–H and O–H groups in total. The van der Waals surface area contributed by atoms with Crippen molar-refractivity contribution in [2.45, 2.75) is 26.3 Å². The van der Waals surface area contributed by atoms with Crippen molar-refractivity contribution in [3.8, 4) is 0 Å². The molecule has 1 aliphatic rings. The fourth-order valence-corrected chi connectivity index (χ4v) is 3.87. The summed E-state index contributed by atoms with van der Waals surface area (Å²) < 4.78 is 24.3. The van der Waals surface area contributed by atoms with Crippen molar-refractivity contribution >= 4 is 39.4 Å². The number of hydrogen-bond donors (Lipinski definition) is 2. The van der Waals surface area contributed by atoms with Crippen LogP contribution in [0, 0.1) is 5.82 Å². The fourth-order valence-electron chi connectivity index (χ4n) is 2.89. The lowest BCUT2D eigenvalue weighted by Crippen LogP contribution is -2.51. The number of halogens is 1. The molecule has 0 saturated carbocycles. The Morgan fingerprint density at radius 2 is 1.96 bits per heavy atom. The predicted molar refractivity (Wildman–Crippen MR) is 101 cm³/mol. The number of urea groups is 1. The molecule has 0 fully saturated rings. The van der Waals surface area contributed by atoms with Crippen LogP contribution in [0.1, 0.15) is 29.9 Å². The first-order chi connectivity index (χ1) is 13.4. The van der Waals surface area contributed by atoms with Gasteiger partial charge in [-0.1, -0.05) is 13.0 Å². The maximum absolute atomic E-state index is 13.3. The van der Waals surface area contributed by atoms with Crippen molar-refractivity contribution < 1.29 is 28.2 Å². The SMILES string of the molecule is CCOC(=O)C1=C(COC(=O)c2cc3ccc(F)cc3s2)NC(=O)N[C@H]1CC. The van der Waals surface area contributed by atoms with Crippen LogP contribution in [0.2, 0.25) is 0 Å². The van der Waals surface area contributed by atoms with E-state index < -0.39 is 24.0 Å². The van der Waals surface area contributed by atoms with E-state index in [0.717, 1.165) is 16.7 Å². The molecular formula is C19H19FN2O5S. The second-order valence-electron chi connectivity index (χ2n) is 6.04. The van der Waals surface area contributed by atoms with E-state index in [1.165, 1.54) is 12.1 Å². The van der Waals surface area contributed by atoms with Crippen LogP contribution in [0.3, 0.4) is 0 Å². The van der Waals surface area contributed by atoms with E-state index in [1.54, 1.807) is 19.1 Å². The Kier molecular flexibility index (Phi) is 5.93. The topological polar surface area (TPSA) is 93.7 Å². The molecule has 2 amide bonds. The van der Waals surface area contributed by atoms with Gasteiger partial charge in [-0.15, -0.1) is 11.3 Å². The number of nitrogens with one attached hydrogen (secondary N) is 2. The van der Waals surface area contributed by atoms with E-state index in [-0.39, 0.29) is 30.3 Å². The van der Waals surface area contributed by atoms with Crippen LogP contribution >= 0.6 is 11.3 Å². The monoisotopic (exact) mass is 406 g/mol. The van der Waals surface area contributed by atoms with Crippen LogP contribution < -0.4 is 10.6 Å². The molecule has 9 heteroatoms. The van der Waals surface area contributed by atoms with Crippen LogP contribution in [-0.2, 0) is 14.3 Å². The Labute approximate surface area is 164 Å². The molecule has 0 spiro atoms. The van der Waals surface area contributed by atoms with Gasteiger partial charge in [0.15, 0.2) is 0 Å². The zero-order valence-electron chi connectivity index (χ0n) is 15.3. The van der Waals surface area contributed by atoms with Gasteiger partial charge >= 0.3 is 18.0 Å². The average Bonchev–Trinajstić information content (AvgIpc) is 3.08. The first-order valence-electron chi connectivity index (χ1n) is 8.76. The molecule has 0 unspecified atom stereocenters. The molecule has 148 valence electrons. The third-order valence-electron chi connectivity index (χ3n) is 4.18. The Hall–Kier alpha value is -2.94. The third kappa shape index (κ3) is 4.14. The first kappa shape index (κ1) is 19.8. The van der Waals surface area contributed by atoms with Crippen LogP contribution in [-0.4, -0.2) is 37.2 Å². The quantitative estimate of drug-likeness (QED) is 0.719. The van der Waals surface area contributed by atoms with E-state index in [2.05, 4.69) is 10.6 Å². The standard InChI is InChI=1S/C19H19FN2O5S/c1-3-12-16(18(24)26-4-2)13(22-19(25)21-12)9-27-17(23)15-7-10-5-6-11(20)8-14(10)28-15/h5-8,12H,3-4,9H2,1-2H3,(H2,21,22,25)/t12-/m0/s1. The van der Waals surface area contributed by atoms with Gasteiger partial charge in [0, 0.05) is 4.70 Å². The third-order valence-corrected chi connectivity index (χ3v) is 5.26. The molecule has 2 aromatic rings. The number of ether oxygens (including phenoxy) is 2. The van der Waals surface area contributed by atoms with Gasteiger partial charge in [-0.05, 0) is 36.9 Å². The largest absolute Gasteiger partial charge is 0.463 e. The molecule has 0 aliphatic carbocycles. The van der Waals surface area contributed by atoms with Gasteiger partial charge in [0.1, 0.15) is 17.3 Å². The summed E-state index contributed by atoms with van der Waals surface area (Å²) in [5.41, 5.74) is 0.421. The number of hydrogen-bond acceptors (Lipinski definition) is 6. The zero-order chi connectivity index (χ0) is 20.3. The first-order valence-corrected chi connectivity index (χ1v) is 9.58. The minimum absolute atomic E-state index is 0.179. The summed E-state index contributed by atoms with van der Waals surface area (Å²) in [4.78, 5) is 36.9. The van der Waals surface area contributed by atoms with Gasteiger partial charge in [0.25, 0.3) is 0 Å². The van der Waals surface area contributed by atoms with E-state index >= 15 is 0 Å². The zero-order valence-corrected chi connectivity index (χ0v) is 16.2. The van der Waals surface area contributed by atoms with Gasteiger partial charge in [-0.25, -0.2) is 18.8 Å². The van der Waals surface area contributed by atoms with Gasteiger partial charge in [0.2, 0.25) is 0 Å². The van der Waals surface area contributed by atoms with Crippen molar-refractivity contribution in [1.29, 1.82) is 0 Å². The number of benzene rings is 1. The van der Waals surface area contributed by atoms with Gasteiger partial charge in [-0.2, -0.15) is 0 Å². The fraction of sp³-hybridized carbons (Fsp3) is 0.316. The van der Waals surface area contributed by atoms with E-state index in [4.69, 9.17) is 9.47 Å². The maximum atomic E-state index is 13.3. The summed E-state index contributed by atoms with van der Waals surface area (Å²) in [5.74, 6) is -1.59. The Morgan fingerprint density at radius 3 is 2.68 bits per heavy atom. The lowest BCUT2D eigenvalue weighted by molar-refractivity contribution is -0.139. The molecule has 1 aromatic carbocycles. The molecule has 7 nitrogen and oxygen atoms in total. The van der Waals surface area contributed by atoms with Crippen LogP contribution in [0.5, 0.6) is 0 Å². The number of thiophene rings is 1. The molecule has 2 heterocycles. The smallest absolute Gasteiger partial charge is 0.348 e. The molecular weight excluding hydrogens is 387 g/mol. The highest BCUT2D eigenvalue weighted by Gasteiger charge is 2.32. The second kappa shape index (κ2) is 8.39. The number of fused-ring (bicyclic) bond motifs is 1. The van der Waals surface area contributed by atoms with Crippen LogP contribution in [0.25, 0.3) is 10.1 Å². The highest BCUT2D eigenvalue weighted by atomic mass is 32.1.